The van der Waals surface area contributed by atoms with Crippen molar-refractivity contribution in [2.24, 2.45) is 51.8 Å². The van der Waals surface area contributed by atoms with Crippen LogP contribution >= 0.6 is 0 Å². The third-order valence-electron chi connectivity index (χ3n) is 10.6. The van der Waals surface area contributed by atoms with E-state index in [0.29, 0.717) is 24.7 Å². The number of aliphatic carboxylic acids is 1. The van der Waals surface area contributed by atoms with Gasteiger partial charge in [0.25, 0.3) is 0 Å². The molecule has 4 saturated carbocycles. The number of carbonyl (C=O) groups is 3. The van der Waals surface area contributed by atoms with Crippen LogP contribution in [0.5, 0.6) is 0 Å². The van der Waals surface area contributed by atoms with Crippen LogP contribution < -0.4 is 0 Å². The van der Waals surface area contributed by atoms with E-state index in [1.54, 1.807) is 0 Å². The number of hydrogen-bond donors (Lipinski definition) is 1. The van der Waals surface area contributed by atoms with Gasteiger partial charge in [-0.3, -0.25) is 9.59 Å². The molecule has 0 amide bonds. The highest BCUT2D eigenvalue weighted by molar-refractivity contribution is 5.90. The van der Waals surface area contributed by atoms with Gasteiger partial charge in [-0.15, -0.1) is 0 Å². The number of carboxylic acids is 1. The number of carboxylic acid groups (broad SMARTS) is 1. The van der Waals surface area contributed by atoms with Crippen molar-refractivity contribution in [1.29, 1.82) is 0 Å². The Bertz CT molecular complexity index is 854. The minimum absolute atomic E-state index is 0.00485. The van der Waals surface area contributed by atoms with Gasteiger partial charge >= 0.3 is 11.9 Å². The number of fused-ring (bicyclic) bond motifs is 2. The van der Waals surface area contributed by atoms with Crippen LogP contribution in [-0.4, -0.2) is 29.9 Å². The third-order valence-corrected chi connectivity index (χ3v) is 10.6. The number of ether oxygens (including phenoxy) is 1. The van der Waals surface area contributed by atoms with E-state index in [-0.39, 0.29) is 36.2 Å². The molecule has 0 aromatic carbocycles. The molecule has 176 valence electrons. The Balaban J connectivity index is 1.54. The summed E-state index contributed by atoms with van der Waals surface area (Å²) >= 11 is 0. The summed E-state index contributed by atoms with van der Waals surface area (Å²) in [5.41, 5.74) is -1.57. The summed E-state index contributed by atoms with van der Waals surface area (Å²) in [6.07, 6.45) is 11.3. The molecular formula is C27H38O5. The first kappa shape index (κ1) is 22.2. The van der Waals surface area contributed by atoms with E-state index in [4.69, 9.17) is 4.74 Å². The molecule has 7 atom stereocenters. The van der Waals surface area contributed by atoms with Crippen molar-refractivity contribution in [3.8, 4) is 0 Å². The molecule has 0 heterocycles. The number of esters is 1. The molecule has 5 nitrogen and oxygen atoms in total. The normalized spacial score (nSPS) is 44.6. The standard InChI is InChI=1S/C27H38O5/c1-16(2)22-12-19-13-26(15-28)21-9-8-17(3)20(21)14-25(19,27(22,26)24(30)31)10-11-32-23(29)18-6-4-5-7-18/h12,15-21H,4-11,13-14H2,1-3H3,(H,30,31)/t17-,19+,20-,21-,25-,26+,27-/m1/s1. The van der Waals surface area contributed by atoms with Crippen LogP contribution in [0.2, 0.25) is 0 Å². The topological polar surface area (TPSA) is 80.7 Å². The van der Waals surface area contributed by atoms with Crippen molar-refractivity contribution in [1.82, 2.24) is 0 Å². The number of rotatable bonds is 7. The molecule has 1 N–H and O–H groups in total. The van der Waals surface area contributed by atoms with Crippen molar-refractivity contribution >= 4 is 18.2 Å². The fourth-order valence-electron chi connectivity index (χ4n) is 9.45. The summed E-state index contributed by atoms with van der Waals surface area (Å²) in [5, 5.41) is 10.9. The molecule has 0 spiro atoms. The van der Waals surface area contributed by atoms with Gasteiger partial charge in [0, 0.05) is 5.41 Å². The molecule has 0 aliphatic heterocycles. The van der Waals surface area contributed by atoms with Gasteiger partial charge < -0.3 is 14.6 Å². The van der Waals surface area contributed by atoms with Gasteiger partial charge in [-0.1, -0.05) is 51.7 Å². The monoisotopic (exact) mass is 442 g/mol. The Morgan fingerprint density at radius 1 is 1.19 bits per heavy atom. The van der Waals surface area contributed by atoms with Gasteiger partial charge in [0.15, 0.2) is 0 Å². The quantitative estimate of drug-likeness (QED) is 0.340. The first-order chi connectivity index (χ1) is 15.2. The maximum atomic E-state index is 13.3. The average Bonchev–Trinajstić information content (AvgIpc) is 3.50. The molecule has 0 aromatic rings. The predicted octanol–water partition coefficient (Wildman–Crippen LogP) is 5.03. The lowest BCUT2D eigenvalue weighted by Gasteiger charge is -2.58. The predicted molar refractivity (Wildman–Crippen MR) is 120 cm³/mol. The van der Waals surface area contributed by atoms with Crippen molar-refractivity contribution in [3.63, 3.8) is 0 Å². The highest BCUT2D eigenvalue weighted by Crippen LogP contribution is 2.83. The summed E-state index contributed by atoms with van der Waals surface area (Å²) in [4.78, 5) is 38.9. The van der Waals surface area contributed by atoms with Crippen molar-refractivity contribution in [3.05, 3.63) is 11.6 Å². The van der Waals surface area contributed by atoms with Gasteiger partial charge in [0.1, 0.15) is 11.7 Å². The van der Waals surface area contributed by atoms with Crippen LogP contribution in [0.1, 0.15) is 78.6 Å². The van der Waals surface area contributed by atoms with Crippen molar-refractivity contribution in [2.75, 3.05) is 6.61 Å². The van der Waals surface area contributed by atoms with Crippen LogP contribution in [-0.2, 0) is 19.1 Å². The lowest BCUT2D eigenvalue weighted by Crippen LogP contribution is -2.62. The largest absolute Gasteiger partial charge is 0.481 e. The zero-order valence-corrected chi connectivity index (χ0v) is 19.8. The second kappa shape index (κ2) is 7.43. The second-order valence-electron chi connectivity index (χ2n) is 11.9. The number of hydrogen-bond acceptors (Lipinski definition) is 4. The molecule has 0 radical (unpaired) electrons. The van der Waals surface area contributed by atoms with Gasteiger partial charge in [-0.05, 0) is 68.1 Å². The van der Waals surface area contributed by atoms with Crippen LogP contribution in [0.3, 0.4) is 0 Å². The molecule has 5 aliphatic carbocycles. The smallest absolute Gasteiger partial charge is 0.315 e. The van der Waals surface area contributed by atoms with Gasteiger partial charge in [0.2, 0.25) is 0 Å². The van der Waals surface area contributed by atoms with E-state index in [9.17, 15) is 19.5 Å². The summed E-state index contributed by atoms with van der Waals surface area (Å²) in [7, 11) is 0. The number of allylic oxidation sites excluding steroid dienone is 1. The highest BCUT2D eigenvalue weighted by Gasteiger charge is 2.83. The highest BCUT2D eigenvalue weighted by atomic mass is 16.5. The first-order valence-corrected chi connectivity index (χ1v) is 12.8. The minimum Gasteiger partial charge on any atom is -0.481 e. The SMILES string of the molecule is CC(C)C1=C[C@H]2C[C@]3(C=O)[C@@H]4CC[C@@H](C)[C@H]4C[C@@]2(CCOC(=O)C2CCCC2)[C@]13C(=O)O. The lowest BCUT2D eigenvalue weighted by molar-refractivity contribution is -0.182. The fraction of sp³-hybridized carbons (Fsp3) is 0.815. The summed E-state index contributed by atoms with van der Waals surface area (Å²) in [6, 6.07) is 0. The molecular weight excluding hydrogens is 404 g/mol. The van der Waals surface area contributed by atoms with Crippen molar-refractivity contribution < 1.29 is 24.2 Å². The van der Waals surface area contributed by atoms with Gasteiger partial charge in [-0.25, -0.2) is 0 Å². The van der Waals surface area contributed by atoms with Crippen LogP contribution in [0.25, 0.3) is 0 Å². The Morgan fingerprint density at radius 2 is 1.91 bits per heavy atom. The number of carbonyl (C=O) groups excluding carboxylic acids is 2. The number of aldehydes is 1. The van der Waals surface area contributed by atoms with Crippen LogP contribution in [0, 0.1) is 51.8 Å². The van der Waals surface area contributed by atoms with E-state index >= 15 is 0 Å². The molecule has 5 aliphatic rings. The minimum atomic E-state index is -1.16. The van der Waals surface area contributed by atoms with E-state index in [0.717, 1.165) is 56.8 Å². The molecule has 0 saturated heterocycles. The van der Waals surface area contributed by atoms with E-state index in [2.05, 4.69) is 26.8 Å². The lowest BCUT2D eigenvalue weighted by atomic mass is 9.42. The Morgan fingerprint density at radius 3 is 2.53 bits per heavy atom. The third kappa shape index (κ3) is 2.49. The molecule has 5 rings (SSSR count). The molecule has 32 heavy (non-hydrogen) atoms. The maximum Gasteiger partial charge on any atom is 0.315 e. The van der Waals surface area contributed by atoms with E-state index in [1.807, 2.05) is 0 Å². The first-order valence-electron chi connectivity index (χ1n) is 12.8. The zero-order valence-electron chi connectivity index (χ0n) is 19.8. The Hall–Kier alpha value is -1.65. The zero-order chi connectivity index (χ0) is 22.9. The van der Waals surface area contributed by atoms with E-state index < -0.39 is 22.2 Å². The molecule has 5 heteroatoms. The van der Waals surface area contributed by atoms with Gasteiger partial charge in [-0.2, -0.15) is 0 Å². The van der Waals surface area contributed by atoms with Crippen molar-refractivity contribution in [2.45, 2.75) is 78.6 Å². The van der Waals surface area contributed by atoms with E-state index in [1.165, 1.54) is 0 Å². The molecule has 0 aromatic heterocycles. The van der Waals surface area contributed by atoms with Crippen LogP contribution in [0.4, 0.5) is 0 Å². The fourth-order valence-corrected chi connectivity index (χ4v) is 9.45. The van der Waals surface area contributed by atoms with Gasteiger partial charge in [0.05, 0.1) is 17.9 Å². The summed E-state index contributed by atoms with van der Waals surface area (Å²) in [6.45, 7) is 6.66. The second-order valence-corrected chi connectivity index (χ2v) is 11.9. The average molecular weight is 443 g/mol. The maximum absolute atomic E-state index is 13.3. The molecule has 0 unspecified atom stereocenters. The summed E-state index contributed by atoms with van der Waals surface area (Å²) in [5.74, 6) is 0.238. The molecule has 4 fully saturated rings. The Labute approximate surface area is 191 Å². The molecule has 4 bridgehead atoms. The summed E-state index contributed by atoms with van der Waals surface area (Å²) < 4.78 is 5.78. The van der Waals surface area contributed by atoms with Crippen LogP contribution in [0.15, 0.2) is 11.6 Å². The Kier molecular flexibility index (Phi) is 5.14.